The Morgan fingerprint density at radius 1 is 0.967 bits per heavy atom. The minimum absolute atomic E-state index is 0.370. The van der Waals surface area contributed by atoms with Crippen molar-refractivity contribution in [3.05, 3.63) is 83.9 Å². The summed E-state index contributed by atoms with van der Waals surface area (Å²) < 4.78 is 32.8. The van der Waals surface area contributed by atoms with Crippen molar-refractivity contribution in [2.24, 2.45) is 0 Å². The summed E-state index contributed by atoms with van der Waals surface area (Å²) in [6.07, 6.45) is 5.16. The smallest absolute Gasteiger partial charge is 0.152 e. The highest BCUT2D eigenvalue weighted by atomic mass is 19.1. The van der Waals surface area contributed by atoms with Crippen LogP contribution in [0.5, 0.6) is 0 Å². The van der Waals surface area contributed by atoms with Gasteiger partial charge in [0.1, 0.15) is 22.7 Å². The van der Waals surface area contributed by atoms with Crippen LogP contribution in [0.15, 0.2) is 65.5 Å². The van der Waals surface area contributed by atoms with E-state index in [0.29, 0.717) is 28.9 Å². The fraction of sp³-hybridized carbons (Fsp3) is 0.0870. The molecule has 0 amide bonds. The molecule has 0 spiro atoms. The topological polar surface area (TPSA) is 63.8 Å². The van der Waals surface area contributed by atoms with Gasteiger partial charge in [-0.2, -0.15) is 0 Å². The molecule has 30 heavy (non-hydrogen) atoms. The number of hydrogen-bond acceptors (Lipinski definition) is 5. The number of rotatable bonds is 4. The van der Waals surface area contributed by atoms with E-state index in [9.17, 15) is 8.78 Å². The van der Waals surface area contributed by atoms with Crippen LogP contribution in [0.25, 0.3) is 33.4 Å². The second-order valence-corrected chi connectivity index (χ2v) is 7.05. The highest BCUT2D eigenvalue weighted by molar-refractivity contribution is 5.87. The standard InChI is InChI=1S/C23H16F2N4O/c1-13-6-20-23(28-10-13)19(4-5-26-20)27-11-15-12-30-21-3-2-18(29-22(15)21)14-7-16(24)9-17(25)8-14/h2-10,12H,11H2,1H3,(H,26,27). The van der Waals surface area contributed by atoms with Crippen molar-refractivity contribution in [2.75, 3.05) is 5.32 Å². The third-order valence-electron chi connectivity index (χ3n) is 4.83. The number of nitrogens with zero attached hydrogens (tertiary/aromatic N) is 3. The maximum atomic E-state index is 13.6. The van der Waals surface area contributed by atoms with Gasteiger partial charge in [-0.3, -0.25) is 9.97 Å². The van der Waals surface area contributed by atoms with Crippen molar-refractivity contribution in [3.63, 3.8) is 0 Å². The summed E-state index contributed by atoms with van der Waals surface area (Å²) in [6.45, 7) is 2.41. The third kappa shape index (κ3) is 3.34. The number of pyridine rings is 3. The maximum absolute atomic E-state index is 13.6. The predicted molar refractivity (Wildman–Crippen MR) is 111 cm³/mol. The Bertz CT molecular complexity index is 1380. The average Bonchev–Trinajstić information content (AvgIpc) is 3.13. The molecule has 1 N–H and O–H groups in total. The summed E-state index contributed by atoms with van der Waals surface area (Å²) in [5.41, 5.74) is 6.36. The van der Waals surface area contributed by atoms with Gasteiger partial charge >= 0.3 is 0 Å². The third-order valence-corrected chi connectivity index (χ3v) is 4.83. The number of benzene rings is 1. The molecule has 0 aliphatic carbocycles. The number of halogens is 2. The van der Waals surface area contributed by atoms with E-state index in [-0.39, 0.29) is 0 Å². The lowest BCUT2D eigenvalue weighted by Gasteiger charge is -2.08. The van der Waals surface area contributed by atoms with Crippen LogP contribution in [-0.2, 0) is 6.54 Å². The van der Waals surface area contributed by atoms with Crippen molar-refractivity contribution in [1.82, 2.24) is 15.0 Å². The molecule has 0 unspecified atom stereocenters. The summed E-state index contributed by atoms with van der Waals surface area (Å²) >= 11 is 0. The molecule has 0 atom stereocenters. The van der Waals surface area contributed by atoms with Gasteiger partial charge in [-0.15, -0.1) is 0 Å². The molecule has 4 aromatic heterocycles. The first-order chi connectivity index (χ1) is 14.6. The van der Waals surface area contributed by atoms with Crippen molar-refractivity contribution in [1.29, 1.82) is 0 Å². The maximum Gasteiger partial charge on any atom is 0.152 e. The molecule has 1 aromatic carbocycles. The SMILES string of the molecule is Cc1cnc2c(NCc3coc4ccc(-c5cc(F)cc(F)c5)nc34)ccnc2c1. The normalized spacial score (nSPS) is 11.3. The van der Waals surface area contributed by atoms with Crippen LogP contribution in [0.3, 0.4) is 0 Å². The number of furan rings is 1. The lowest BCUT2D eigenvalue weighted by molar-refractivity contribution is 0.584. The van der Waals surface area contributed by atoms with Gasteiger partial charge in [0.2, 0.25) is 0 Å². The average molecular weight is 402 g/mol. The molecule has 7 heteroatoms. The van der Waals surface area contributed by atoms with Crippen LogP contribution in [0.4, 0.5) is 14.5 Å². The summed E-state index contributed by atoms with van der Waals surface area (Å²) in [5, 5.41) is 3.36. The molecule has 4 heterocycles. The van der Waals surface area contributed by atoms with Crippen LogP contribution < -0.4 is 5.32 Å². The van der Waals surface area contributed by atoms with Crippen LogP contribution >= 0.6 is 0 Å². The fourth-order valence-corrected chi connectivity index (χ4v) is 3.41. The van der Waals surface area contributed by atoms with Crippen LogP contribution in [-0.4, -0.2) is 15.0 Å². The van der Waals surface area contributed by atoms with E-state index in [1.807, 2.05) is 19.1 Å². The zero-order valence-electron chi connectivity index (χ0n) is 16.0. The number of aryl methyl sites for hydroxylation is 1. The second-order valence-electron chi connectivity index (χ2n) is 7.05. The summed E-state index contributed by atoms with van der Waals surface area (Å²) in [7, 11) is 0. The molecule has 0 fully saturated rings. The van der Waals surface area contributed by atoms with E-state index < -0.39 is 11.6 Å². The summed E-state index contributed by atoms with van der Waals surface area (Å²) in [5.74, 6) is -1.29. The summed E-state index contributed by atoms with van der Waals surface area (Å²) in [6, 6.07) is 10.6. The first-order valence-corrected chi connectivity index (χ1v) is 9.36. The van der Waals surface area contributed by atoms with Crippen molar-refractivity contribution in [2.45, 2.75) is 13.5 Å². The van der Waals surface area contributed by atoms with E-state index in [1.54, 1.807) is 30.8 Å². The van der Waals surface area contributed by atoms with Gasteiger partial charge in [0.05, 0.1) is 23.2 Å². The van der Waals surface area contributed by atoms with Crippen LogP contribution in [0.1, 0.15) is 11.1 Å². The molecule has 0 aliphatic rings. The minimum Gasteiger partial charge on any atom is -0.462 e. The molecule has 0 saturated carbocycles. The molecule has 0 bridgehead atoms. The number of aromatic nitrogens is 3. The molecule has 0 aliphatic heterocycles. The van der Waals surface area contributed by atoms with Gasteiger partial charge in [0.25, 0.3) is 0 Å². The highest BCUT2D eigenvalue weighted by Crippen LogP contribution is 2.27. The molecule has 148 valence electrons. The lowest BCUT2D eigenvalue weighted by Crippen LogP contribution is -2.01. The van der Waals surface area contributed by atoms with E-state index in [1.165, 1.54) is 12.1 Å². The van der Waals surface area contributed by atoms with Gasteiger partial charge in [-0.25, -0.2) is 13.8 Å². The van der Waals surface area contributed by atoms with E-state index >= 15 is 0 Å². The minimum atomic E-state index is -0.645. The van der Waals surface area contributed by atoms with Crippen molar-refractivity contribution in [3.8, 4) is 11.3 Å². The molecular weight excluding hydrogens is 386 g/mol. The Kier molecular flexibility index (Phi) is 4.35. The zero-order valence-corrected chi connectivity index (χ0v) is 16.0. The fourth-order valence-electron chi connectivity index (χ4n) is 3.41. The van der Waals surface area contributed by atoms with Gasteiger partial charge in [-0.1, -0.05) is 0 Å². The number of fused-ring (bicyclic) bond motifs is 2. The monoisotopic (exact) mass is 402 g/mol. The van der Waals surface area contributed by atoms with Crippen molar-refractivity contribution < 1.29 is 13.2 Å². The first-order valence-electron chi connectivity index (χ1n) is 9.36. The Balaban J connectivity index is 1.48. The Morgan fingerprint density at radius 2 is 1.80 bits per heavy atom. The summed E-state index contributed by atoms with van der Waals surface area (Å²) in [4.78, 5) is 13.4. The van der Waals surface area contributed by atoms with Crippen LogP contribution in [0.2, 0.25) is 0 Å². The highest BCUT2D eigenvalue weighted by Gasteiger charge is 2.12. The largest absolute Gasteiger partial charge is 0.462 e. The van der Waals surface area contributed by atoms with Crippen LogP contribution in [0, 0.1) is 18.6 Å². The van der Waals surface area contributed by atoms with Gasteiger partial charge < -0.3 is 9.73 Å². The van der Waals surface area contributed by atoms with E-state index in [4.69, 9.17) is 4.42 Å². The number of hydrogen-bond donors (Lipinski definition) is 1. The Hall–Kier alpha value is -3.87. The number of nitrogens with one attached hydrogen (secondary N) is 1. The van der Waals surface area contributed by atoms with Gasteiger partial charge in [-0.05, 0) is 48.9 Å². The molecule has 5 rings (SSSR count). The Labute approximate surface area is 170 Å². The Morgan fingerprint density at radius 3 is 2.63 bits per heavy atom. The quantitative estimate of drug-likeness (QED) is 0.422. The van der Waals surface area contributed by atoms with E-state index in [0.717, 1.165) is 33.9 Å². The number of anilines is 1. The molecule has 5 aromatic rings. The zero-order chi connectivity index (χ0) is 20.7. The van der Waals surface area contributed by atoms with Gasteiger partial charge in [0, 0.05) is 36.1 Å². The molecule has 0 radical (unpaired) electrons. The molecule has 0 saturated heterocycles. The predicted octanol–water partition coefficient (Wildman–Crippen LogP) is 5.64. The van der Waals surface area contributed by atoms with Crippen molar-refractivity contribution >= 4 is 27.8 Å². The molecular formula is C23H16F2N4O. The lowest BCUT2D eigenvalue weighted by atomic mass is 10.1. The van der Waals surface area contributed by atoms with E-state index in [2.05, 4.69) is 20.3 Å². The first kappa shape index (κ1) is 18.2. The second kappa shape index (κ2) is 7.18. The van der Waals surface area contributed by atoms with Gasteiger partial charge in [0.15, 0.2) is 5.58 Å². The molecule has 5 nitrogen and oxygen atoms in total.